The Morgan fingerprint density at radius 2 is 1.50 bits per heavy atom. The number of anilines is 1. The molecule has 24 heavy (non-hydrogen) atoms. The van der Waals surface area contributed by atoms with Crippen LogP contribution in [0.3, 0.4) is 0 Å². The molecule has 0 amide bonds. The van der Waals surface area contributed by atoms with E-state index in [9.17, 15) is 8.42 Å². The fraction of sp³-hybridized carbons (Fsp3) is 0.333. The molecule has 0 bridgehead atoms. The number of rotatable bonds is 5. The second-order valence-electron chi connectivity index (χ2n) is 6.08. The molecular weight excluding hydrogens is 344 g/mol. The zero-order valence-corrected chi connectivity index (χ0v) is 14.9. The van der Waals surface area contributed by atoms with Crippen molar-refractivity contribution in [3.63, 3.8) is 0 Å². The minimum Gasteiger partial charge on any atom is -0.381 e. The standard InChI is InChI=1S/C18H21ClN2O2S/c19-14-10-12-16(13-11-14)24(22,23)21-18-9-5-4-8-17(18)20-15-6-2-1-3-7-15/h1-3,6-7,10-13,17-18,20-21H,4-5,8-9H2/t17-,18-/m1/s1. The highest BCUT2D eigenvalue weighted by Crippen LogP contribution is 2.24. The molecule has 0 aromatic heterocycles. The summed E-state index contributed by atoms with van der Waals surface area (Å²) in [5.74, 6) is 0. The number of hydrogen-bond acceptors (Lipinski definition) is 3. The fourth-order valence-electron chi connectivity index (χ4n) is 3.07. The van der Waals surface area contributed by atoms with Gasteiger partial charge < -0.3 is 5.32 Å². The van der Waals surface area contributed by atoms with E-state index in [1.165, 1.54) is 12.1 Å². The van der Waals surface area contributed by atoms with Gasteiger partial charge >= 0.3 is 0 Å². The Kier molecular flexibility index (Phi) is 5.43. The molecule has 0 heterocycles. The Balaban J connectivity index is 1.74. The first-order valence-electron chi connectivity index (χ1n) is 8.14. The predicted octanol–water partition coefficient (Wildman–Crippen LogP) is 4.04. The third-order valence-electron chi connectivity index (χ3n) is 4.32. The van der Waals surface area contributed by atoms with E-state index >= 15 is 0 Å². The van der Waals surface area contributed by atoms with Gasteiger partial charge in [0.2, 0.25) is 10.0 Å². The normalized spacial score (nSPS) is 21.4. The lowest BCUT2D eigenvalue weighted by atomic mass is 9.91. The summed E-state index contributed by atoms with van der Waals surface area (Å²) in [6, 6.07) is 16.1. The van der Waals surface area contributed by atoms with Crippen molar-refractivity contribution in [2.45, 2.75) is 42.7 Å². The second-order valence-corrected chi connectivity index (χ2v) is 8.23. The van der Waals surface area contributed by atoms with Gasteiger partial charge in [-0.15, -0.1) is 0 Å². The first-order chi connectivity index (χ1) is 11.5. The van der Waals surface area contributed by atoms with Gasteiger partial charge in [-0.3, -0.25) is 0 Å². The number of nitrogens with one attached hydrogen (secondary N) is 2. The molecule has 1 fully saturated rings. The Labute approximate surface area is 148 Å². The van der Waals surface area contributed by atoms with Crippen molar-refractivity contribution in [2.24, 2.45) is 0 Å². The van der Waals surface area contributed by atoms with Gasteiger partial charge in [0.25, 0.3) is 0 Å². The minimum atomic E-state index is -3.55. The van der Waals surface area contributed by atoms with Crippen LogP contribution >= 0.6 is 11.6 Å². The summed E-state index contributed by atoms with van der Waals surface area (Å²) >= 11 is 5.84. The van der Waals surface area contributed by atoms with Crippen LogP contribution in [-0.4, -0.2) is 20.5 Å². The summed E-state index contributed by atoms with van der Waals surface area (Å²) in [5.41, 5.74) is 1.01. The molecule has 2 aromatic carbocycles. The van der Waals surface area contributed by atoms with Crippen LogP contribution < -0.4 is 10.0 Å². The van der Waals surface area contributed by atoms with Gasteiger partial charge in [-0.2, -0.15) is 0 Å². The van der Waals surface area contributed by atoms with Crippen LogP contribution in [0.4, 0.5) is 5.69 Å². The Bertz CT molecular complexity index is 763. The van der Waals surface area contributed by atoms with Gasteiger partial charge in [0.1, 0.15) is 0 Å². The van der Waals surface area contributed by atoms with Gasteiger partial charge in [-0.05, 0) is 49.2 Å². The van der Waals surface area contributed by atoms with Crippen molar-refractivity contribution in [1.29, 1.82) is 0 Å². The highest BCUT2D eigenvalue weighted by Gasteiger charge is 2.29. The van der Waals surface area contributed by atoms with E-state index in [0.29, 0.717) is 5.02 Å². The van der Waals surface area contributed by atoms with E-state index < -0.39 is 10.0 Å². The van der Waals surface area contributed by atoms with E-state index in [-0.39, 0.29) is 17.0 Å². The average Bonchev–Trinajstić information content (AvgIpc) is 2.58. The largest absolute Gasteiger partial charge is 0.381 e. The second kappa shape index (κ2) is 7.55. The van der Waals surface area contributed by atoms with Crippen LogP contribution in [0.1, 0.15) is 25.7 Å². The number of hydrogen-bond donors (Lipinski definition) is 2. The topological polar surface area (TPSA) is 58.2 Å². The molecule has 0 saturated heterocycles. The molecule has 2 aromatic rings. The van der Waals surface area contributed by atoms with Crippen LogP contribution in [0.15, 0.2) is 59.5 Å². The molecule has 1 aliphatic carbocycles. The van der Waals surface area contributed by atoms with Crippen molar-refractivity contribution in [3.8, 4) is 0 Å². The summed E-state index contributed by atoms with van der Waals surface area (Å²) < 4.78 is 28.1. The van der Waals surface area contributed by atoms with Gasteiger partial charge in [-0.25, -0.2) is 13.1 Å². The maximum absolute atomic E-state index is 12.6. The van der Waals surface area contributed by atoms with Crippen LogP contribution in [0.5, 0.6) is 0 Å². The van der Waals surface area contributed by atoms with E-state index in [2.05, 4.69) is 10.0 Å². The maximum atomic E-state index is 12.6. The lowest BCUT2D eigenvalue weighted by molar-refractivity contribution is 0.378. The van der Waals surface area contributed by atoms with Gasteiger partial charge in [0.15, 0.2) is 0 Å². The van der Waals surface area contributed by atoms with Crippen molar-refractivity contribution in [1.82, 2.24) is 4.72 Å². The number of halogens is 1. The average molecular weight is 365 g/mol. The number of para-hydroxylation sites is 1. The monoisotopic (exact) mass is 364 g/mol. The molecule has 3 rings (SSSR count). The van der Waals surface area contributed by atoms with Crippen molar-refractivity contribution in [2.75, 3.05) is 5.32 Å². The first kappa shape index (κ1) is 17.3. The van der Waals surface area contributed by atoms with Crippen LogP contribution in [0.25, 0.3) is 0 Å². The fourth-order valence-corrected chi connectivity index (χ4v) is 4.51. The van der Waals surface area contributed by atoms with Gasteiger partial charge in [-0.1, -0.05) is 42.6 Å². The molecule has 6 heteroatoms. The molecule has 1 aliphatic rings. The molecule has 0 unspecified atom stereocenters. The molecule has 128 valence electrons. The van der Waals surface area contributed by atoms with Gasteiger partial charge in [0.05, 0.1) is 4.90 Å². The molecule has 2 N–H and O–H groups in total. The molecule has 0 aliphatic heterocycles. The molecule has 0 spiro atoms. The predicted molar refractivity (Wildman–Crippen MR) is 97.9 cm³/mol. The molecular formula is C18H21ClN2O2S. The number of sulfonamides is 1. The molecule has 4 nitrogen and oxygen atoms in total. The zero-order chi connectivity index (χ0) is 17.0. The summed E-state index contributed by atoms with van der Waals surface area (Å²) in [5, 5.41) is 3.99. The third-order valence-corrected chi connectivity index (χ3v) is 6.08. The molecule has 1 saturated carbocycles. The SMILES string of the molecule is O=S(=O)(N[C@@H]1CCCC[C@H]1Nc1ccccc1)c1ccc(Cl)cc1. The third kappa shape index (κ3) is 4.29. The first-order valence-corrected chi connectivity index (χ1v) is 10.0. The van der Waals surface area contributed by atoms with Crippen molar-refractivity contribution in [3.05, 3.63) is 59.6 Å². The Hall–Kier alpha value is -1.56. The van der Waals surface area contributed by atoms with E-state index in [4.69, 9.17) is 11.6 Å². The van der Waals surface area contributed by atoms with E-state index in [0.717, 1.165) is 31.4 Å². The van der Waals surface area contributed by atoms with E-state index in [1.54, 1.807) is 12.1 Å². The summed E-state index contributed by atoms with van der Waals surface area (Å²) in [6.07, 6.45) is 3.91. The van der Waals surface area contributed by atoms with Crippen LogP contribution in [-0.2, 0) is 10.0 Å². The van der Waals surface area contributed by atoms with E-state index in [1.807, 2.05) is 30.3 Å². The van der Waals surface area contributed by atoms with Crippen LogP contribution in [0.2, 0.25) is 5.02 Å². The van der Waals surface area contributed by atoms with Gasteiger partial charge in [0, 0.05) is 22.8 Å². The lowest BCUT2D eigenvalue weighted by Gasteiger charge is -2.33. The highest BCUT2D eigenvalue weighted by atomic mass is 35.5. The minimum absolute atomic E-state index is 0.0863. The summed E-state index contributed by atoms with van der Waals surface area (Å²) in [6.45, 7) is 0. The lowest BCUT2D eigenvalue weighted by Crippen LogP contribution is -2.48. The van der Waals surface area contributed by atoms with Crippen LogP contribution in [0, 0.1) is 0 Å². The number of benzene rings is 2. The quantitative estimate of drug-likeness (QED) is 0.841. The summed E-state index contributed by atoms with van der Waals surface area (Å²) in [7, 11) is -3.55. The molecule has 0 radical (unpaired) electrons. The Morgan fingerprint density at radius 1 is 0.875 bits per heavy atom. The van der Waals surface area contributed by atoms with Crippen molar-refractivity contribution < 1.29 is 8.42 Å². The Morgan fingerprint density at radius 3 is 2.17 bits per heavy atom. The smallest absolute Gasteiger partial charge is 0.240 e. The maximum Gasteiger partial charge on any atom is 0.240 e. The highest BCUT2D eigenvalue weighted by molar-refractivity contribution is 7.89. The van der Waals surface area contributed by atoms with Crippen molar-refractivity contribution >= 4 is 27.3 Å². The zero-order valence-electron chi connectivity index (χ0n) is 13.3. The molecule has 2 atom stereocenters. The summed E-state index contributed by atoms with van der Waals surface area (Å²) in [4.78, 5) is 0.246.